The predicted molar refractivity (Wildman–Crippen MR) is 241 cm³/mol. The van der Waals surface area contributed by atoms with Crippen LogP contribution in [0.3, 0.4) is 0 Å². The molecule has 4 aromatic rings. The molecule has 0 atom stereocenters. The molecule has 59 heavy (non-hydrogen) atoms. The Bertz CT molecular complexity index is 2150. The fraction of sp³-hybridized carbons (Fsp3) is 0.591. The van der Waals surface area contributed by atoms with E-state index in [1.54, 1.807) is 33.6 Å². The first-order valence-corrected chi connectivity index (χ1v) is 27.0. The third-order valence-corrected chi connectivity index (χ3v) is 16.7. The van der Waals surface area contributed by atoms with Crippen molar-refractivity contribution in [2.24, 2.45) is 41.2 Å². The van der Waals surface area contributed by atoms with E-state index in [1.165, 1.54) is 77.0 Å². The fourth-order valence-electron chi connectivity index (χ4n) is 11.8. The van der Waals surface area contributed by atoms with Gasteiger partial charge in [0.25, 0.3) is 0 Å². The van der Waals surface area contributed by atoms with Gasteiger partial charge in [-0.1, -0.05) is 0 Å². The summed E-state index contributed by atoms with van der Waals surface area (Å²) < 4.78 is 24.1. The van der Waals surface area contributed by atoms with Crippen molar-refractivity contribution in [3.8, 4) is 0 Å². The lowest BCUT2D eigenvalue weighted by Gasteiger charge is -2.56. The first-order chi connectivity index (χ1) is 27.8. The Balaban J connectivity index is 0.000000137. The molecular formula is C44H61ClN10O2P2. The van der Waals surface area contributed by atoms with Crippen molar-refractivity contribution in [2.45, 2.75) is 102 Å². The van der Waals surface area contributed by atoms with Crippen LogP contribution in [0.15, 0.2) is 48.5 Å². The quantitative estimate of drug-likeness (QED) is 0.124. The number of nitrogens with one attached hydrogen (secondary N) is 3. The second-order valence-electron chi connectivity index (χ2n) is 19.7. The van der Waals surface area contributed by atoms with Gasteiger partial charge in [-0.05, 0) is 213 Å². The molecule has 5 N–H and O–H groups in total. The average Bonchev–Trinajstić information content (AvgIpc) is 3.09. The summed E-state index contributed by atoms with van der Waals surface area (Å²) in [6.07, 6.45) is 16.6. The molecule has 12 nitrogen and oxygen atoms in total. The zero-order chi connectivity index (χ0) is 41.7. The van der Waals surface area contributed by atoms with Crippen LogP contribution in [-0.2, 0) is 9.13 Å². The van der Waals surface area contributed by atoms with Gasteiger partial charge in [0.2, 0.25) is 23.1 Å². The zero-order valence-electron chi connectivity index (χ0n) is 35.4. The number of benzene rings is 2. The van der Waals surface area contributed by atoms with Gasteiger partial charge < -0.3 is 30.8 Å². The van der Waals surface area contributed by atoms with Gasteiger partial charge in [0.05, 0.1) is 0 Å². The summed E-state index contributed by atoms with van der Waals surface area (Å²) in [5, 5.41) is 11.9. The van der Waals surface area contributed by atoms with Gasteiger partial charge in [-0.3, -0.25) is 0 Å². The van der Waals surface area contributed by atoms with Crippen LogP contribution in [0.4, 0.5) is 29.2 Å². The molecule has 2 aromatic heterocycles. The molecular weight excluding hydrogens is 798 g/mol. The smallest absolute Gasteiger partial charge is 0.232 e. The van der Waals surface area contributed by atoms with Gasteiger partial charge in [0.15, 0.2) is 0 Å². The van der Waals surface area contributed by atoms with Gasteiger partial charge in [0, 0.05) is 33.1 Å². The highest BCUT2D eigenvalue weighted by Gasteiger charge is 2.51. The number of aryl methyl sites for hydroxylation is 2. The Morgan fingerprint density at radius 1 is 0.542 bits per heavy atom. The third kappa shape index (κ3) is 10.5. The number of hydrogen-bond acceptors (Lipinski definition) is 12. The number of anilines is 5. The molecule has 8 aliphatic rings. The van der Waals surface area contributed by atoms with E-state index in [4.69, 9.17) is 17.3 Å². The van der Waals surface area contributed by atoms with Crippen molar-refractivity contribution in [3.05, 3.63) is 65.5 Å². The van der Waals surface area contributed by atoms with Crippen LogP contribution in [0.2, 0.25) is 5.28 Å². The van der Waals surface area contributed by atoms with E-state index in [9.17, 15) is 9.13 Å². The highest BCUT2D eigenvalue weighted by atomic mass is 35.5. The second-order valence-corrected chi connectivity index (χ2v) is 26.4. The van der Waals surface area contributed by atoms with Crippen LogP contribution in [0.1, 0.15) is 88.7 Å². The molecule has 0 aliphatic heterocycles. The Morgan fingerprint density at radius 3 is 1.27 bits per heavy atom. The molecule has 0 saturated heterocycles. The minimum absolute atomic E-state index is 0.151. The number of halogens is 1. The lowest BCUT2D eigenvalue weighted by atomic mass is 9.53. The molecule has 8 aliphatic carbocycles. The van der Waals surface area contributed by atoms with E-state index in [0.29, 0.717) is 35.0 Å². The van der Waals surface area contributed by atoms with Crippen molar-refractivity contribution in [1.29, 1.82) is 0 Å². The van der Waals surface area contributed by atoms with Crippen molar-refractivity contribution < 1.29 is 9.13 Å². The summed E-state index contributed by atoms with van der Waals surface area (Å²) in [6, 6.07) is 15.0. The molecule has 15 heteroatoms. The summed E-state index contributed by atoms with van der Waals surface area (Å²) in [5.41, 5.74) is 8.48. The monoisotopic (exact) mass is 858 g/mol. The van der Waals surface area contributed by atoms with E-state index in [0.717, 1.165) is 57.5 Å². The van der Waals surface area contributed by atoms with Gasteiger partial charge >= 0.3 is 0 Å². The summed E-state index contributed by atoms with van der Waals surface area (Å²) in [6.45, 7) is 10.7. The molecule has 8 saturated carbocycles. The van der Waals surface area contributed by atoms with E-state index >= 15 is 0 Å². The van der Waals surface area contributed by atoms with Gasteiger partial charge in [0.1, 0.15) is 25.9 Å². The van der Waals surface area contributed by atoms with Crippen molar-refractivity contribution in [2.75, 3.05) is 42.6 Å². The lowest BCUT2D eigenvalue weighted by Crippen LogP contribution is -2.55. The summed E-state index contributed by atoms with van der Waals surface area (Å²) >= 11 is 5.76. The maximum atomic E-state index is 12.2. The second kappa shape index (κ2) is 16.4. The Labute approximate surface area is 354 Å². The molecule has 12 rings (SSSR count). The summed E-state index contributed by atoms with van der Waals surface area (Å²) in [4.78, 5) is 25.7. The van der Waals surface area contributed by atoms with Crippen LogP contribution < -0.4 is 32.3 Å². The molecule has 8 bridgehead atoms. The number of rotatable bonds is 8. The molecule has 0 amide bonds. The van der Waals surface area contributed by atoms with Gasteiger partial charge in [-0.25, -0.2) is 4.98 Å². The Hall–Kier alpha value is -3.43. The molecule has 2 aromatic carbocycles. The lowest BCUT2D eigenvalue weighted by molar-refractivity contribution is 0.000360. The van der Waals surface area contributed by atoms with Gasteiger partial charge in [-0.2, -0.15) is 24.9 Å². The van der Waals surface area contributed by atoms with Crippen LogP contribution in [0.5, 0.6) is 0 Å². The molecule has 0 spiro atoms. The largest absolute Gasteiger partial charge is 0.349 e. The number of aromatic nitrogens is 6. The minimum atomic E-state index is -2.25. The average molecular weight is 859 g/mol. The normalized spacial score (nSPS) is 29.8. The van der Waals surface area contributed by atoms with Crippen LogP contribution in [-0.4, -0.2) is 67.6 Å². The molecule has 2 heterocycles. The van der Waals surface area contributed by atoms with Crippen LogP contribution in [0, 0.1) is 49.4 Å². The highest BCUT2D eigenvalue weighted by Crippen LogP contribution is 2.57. The predicted octanol–water partition coefficient (Wildman–Crippen LogP) is 9.29. The zero-order valence-corrected chi connectivity index (χ0v) is 38.0. The van der Waals surface area contributed by atoms with E-state index in [2.05, 4.69) is 45.9 Å². The van der Waals surface area contributed by atoms with E-state index in [1.807, 2.05) is 55.5 Å². The Kier molecular flexibility index (Phi) is 11.8. The van der Waals surface area contributed by atoms with Crippen LogP contribution >= 0.6 is 25.9 Å². The Morgan fingerprint density at radius 2 is 0.898 bits per heavy atom. The molecule has 0 radical (unpaired) electrons. The summed E-state index contributed by atoms with van der Waals surface area (Å²) in [5.74, 6) is 8.57. The number of nitrogens with two attached hydrogens (primary N) is 1. The number of hydrogen-bond donors (Lipinski definition) is 4. The summed E-state index contributed by atoms with van der Waals surface area (Å²) in [7, 11) is -4.47. The maximum Gasteiger partial charge on any atom is 0.232 e. The molecule has 0 unspecified atom stereocenters. The van der Waals surface area contributed by atoms with Crippen molar-refractivity contribution in [1.82, 2.24) is 29.9 Å². The first kappa shape index (κ1) is 42.3. The van der Waals surface area contributed by atoms with Gasteiger partial charge in [-0.15, -0.1) is 0 Å². The number of nitrogens with zero attached hydrogens (tertiary/aromatic N) is 6. The van der Waals surface area contributed by atoms with E-state index in [-0.39, 0.29) is 10.8 Å². The van der Waals surface area contributed by atoms with Crippen molar-refractivity contribution in [3.63, 3.8) is 0 Å². The SMILES string of the molecule is Cc1nc(Cl)nc(Nc2ccc(P(C)(C)=O)cc2)n1.Cc1nc(Nc2ccc(P(C)(C)=O)cc2)nc(NC23CC4CC(CC(C4)C2)C3)n1.NC12CC3CC(CC(C3)C1)C2. The maximum absolute atomic E-state index is 12.2. The first-order valence-electron chi connectivity index (χ1n) is 21.4. The van der Waals surface area contributed by atoms with Crippen molar-refractivity contribution >= 4 is 65.7 Å². The highest BCUT2D eigenvalue weighted by molar-refractivity contribution is 7.70. The molecule has 316 valence electrons. The van der Waals surface area contributed by atoms with Crippen LogP contribution in [0.25, 0.3) is 0 Å². The third-order valence-electron chi connectivity index (χ3n) is 13.5. The molecule has 8 fully saturated rings. The minimum Gasteiger partial charge on any atom is -0.349 e. The van der Waals surface area contributed by atoms with E-state index < -0.39 is 14.3 Å². The fourth-order valence-corrected chi connectivity index (χ4v) is 13.8. The topological polar surface area (TPSA) is 174 Å². The standard InChI is InChI=1S/C22H30N5OP.C12H14ClN4OP.C10H17N/c1-14-23-20(25-18-4-6-19(7-5-18)29(2,3)28)26-21(24-14)27-22-11-15-8-16(12-22)10-17(9-15)13-22;1-8-14-11(13)17-12(15-8)16-9-4-6-10(7-5-9)19(2,3)18;11-10-4-7-1-8(5-10)3-9(2-7)6-10/h4-7,15-17H,8-13H2,1-3H3,(H2,23,24,25,26,27);4-7H,1-3H3,(H,14,15,16,17);7-9H,1-6,11H2.